The monoisotopic (exact) mass is 255 g/mol. The van der Waals surface area contributed by atoms with Gasteiger partial charge in [0.1, 0.15) is 0 Å². The Balaban J connectivity index is 2.27. The zero-order valence-corrected chi connectivity index (χ0v) is 10.2. The van der Waals surface area contributed by atoms with Crippen LogP contribution < -0.4 is 5.32 Å². The van der Waals surface area contributed by atoms with E-state index in [9.17, 15) is 10.1 Å². The van der Waals surface area contributed by atoms with Crippen LogP contribution in [0.4, 0.5) is 11.5 Å². The van der Waals surface area contributed by atoms with Crippen molar-refractivity contribution >= 4 is 11.5 Å². The molecule has 0 radical (unpaired) electrons. The lowest BCUT2D eigenvalue weighted by Gasteiger charge is -2.05. The van der Waals surface area contributed by atoms with Gasteiger partial charge in [-0.25, -0.2) is 4.98 Å². The zero-order chi connectivity index (χ0) is 13.5. The Morgan fingerprint density at radius 3 is 2.95 bits per heavy atom. The third-order valence-corrected chi connectivity index (χ3v) is 2.45. The Bertz CT molecular complexity index is 586. The first kappa shape index (κ1) is 12.8. The van der Waals surface area contributed by atoms with Crippen molar-refractivity contribution in [3.8, 4) is 0 Å². The van der Waals surface area contributed by atoms with Crippen LogP contribution in [-0.2, 0) is 0 Å². The number of nitrogens with zero attached hydrogens (tertiary/aromatic N) is 2. The largest absolute Gasteiger partial charge is 0.334 e. The average Bonchev–Trinajstić information content (AvgIpc) is 2.53. The Kier molecular flexibility index (Phi) is 4.23. The molecule has 5 nitrogen and oxygen atoms in total. The fourth-order valence-electron chi connectivity index (χ4n) is 1.56. The van der Waals surface area contributed by atoms with E-state index in [2.05, 4.69) is 10.3 Å². The summed E-state index contributed by atoms with van der Waals surface area (Å²) in [6.07, 6.45) is 15.8. The molecule has 0 saturated heterocycles. The van der Waals surface area contributed by atoms with E-state index in [0.717, 1.165) is 12.1 Å². The van der Waals surface area contributed by atoms with Gasteiger partial charge in [-0.2, -0.15) is 0 Å². The second kappa shape index (κ2) is 6.30. The topological polar surface area (TPSA) is 68.1 Å². The molecule has 0 aliphatic heterocycles. The fraction of sp³-hybridized carbons (Fsp3) is 0.0714. The summed E-state index contributed by atoms with van der Waals surface area (Å²) in [6.45, 7) is 0. The van der Waals surface area contributed by atoms with Gasteiger partial charge in [0.05, 0.1) is 4.92 Å². The molecule has 0 fully saturated rings. The third kappa shape index (κ3) is 3.64. The number of allylic oxidation sites excluding steroid dienone is 7. The molecule has 0 bridgehead atoms. The molecule has 1 aliphatic rings. The van der Waals surface area contributed by atoms with Crippen LogP contribution >= 0.6 is 0 Å². The average molecular weight is 255 g/mol. The van der Waals surface area contributed by atoms with Crippen molar-refractivity contribution in [1.82, 2.24) is 4.98 Å². The van der Waals surface area contributed by atoms with Gasteiger partial charge in [0.15, 0.2) is 0 Å². The lowest BCUT2D eigenvalue weighted by molar-refractivity contribution is -0.384. The maximum absolute atomic E-state index is 10.9. The van der Waals surface area contributed by atoms with Gasteiger partial charge in [0, 0.05) is 18.0 Å². The summed E-state index contributed by atoms with van der Waals surface area (Å²) in [7, 11) is 0. The van der Waals surface area contributed by atoms with Gasteiger partial charge in [-0.1, -0.05) is 30.4 Å². The van der Waals surface area contributed by atoms with E-state index in [1.54, 1.807) is 6.07 Å². The summed E-state index contributed by atoms with van der Waals surface area (Å²) < 4.78 is 0. The van der Waals surface area contributed by atoms with Gasteiger partial charge in [0.25, 0.3) is 0 Å². The smallest absolute Gasteiger partial charge is 0.311 e. The standard InChI is InChI=1S/C14H13N3O2/c18-17(19)13-10-7-11-15-14(13)16-12-8-5-3-1-2-4-6-9-12/h1,3-11H,2H2,(H,15,16)/b3-1-,6-4-,8-5-,12-9+. The molecule has 2 rings (SSSR count). The third-order valence-electron chi connectivity index (χ3n) is 2.45. The molecule has 0 atom stereocenters. The second-order valence-electron chi connectivity index (χ2n) is 3.83. The molecule has 0 aromatic carbocycles. The molecule has 19 heavy (non-hydrogen) atoms. The molecular formula is C14H13N3O2. The van der Waals surface area contributed by atoms with Crippen molar-refractivity contribution in [2.45, 2.75) is 6.42 Å². The van der Waals surface area contributed by atoms with Crippen molar-refractivity contribution in [2.24, 2.45) is 0 Å². The molecule has 96 valence electrons. The highest BCUT2D eigenvalue weighted by molar-refractivity contribution is 5.60. The highest BCUT2D eigenvalue weighted by atomic mass is 16.6. The molecule has 0 unspecified atom stereocenters. The van der Waals surface area contributed by atoms with E-state index in [1.807, 2.05) is 42.5 Å². The van der Waals surface area contributed by atoms with E-state index in [0.29, 0.717) is 0 Å². The maximum atomic E-state index is 10.9. The number of anilines is 1. The van der Waals surface area contributed by atoms with Crippen LogP contribution in [0.15, 0.2) is 66.6 Å². The summed E-state index contributed by atoms with van der Waals surface area (Å²) >= 11 is 0. The van der Waals surface area contributed by atoms with Gasteiger partial charge in [-0.15, -0.1) is 0 Å². The second-order valence-corrected chi connectivity index (χ2v) is 3.83. The molecule has 1 N–H and O–H groups in total. The first-order valence-corrected chi connectivity index (χ1v) is 5.84. The SMILES string of the molecule is O=[N+]([O-])c1cccnc1NC1=C/C=C\C\C=C/C=C\1. The van der Waals surface area contributed by atoms with Crippen molar-refractivity contribution < 1.29 is 4.92 Å². The summed E-state index contributed by atoms with van der Waals surface area (Å²) in [4.78, 5) is 14.5. The number of rotatable bonds is 3. The Hall–Kier alpha value is -2.69. The minimum absolute atomic E-state index is 0.0452. The van der Waals surface area contributed by atoms with Crippen molar-refractivity contribution in [1.29, 1.82) is 0 Å². The Morgan fingerprint density at radius 2 is 2.11 bits per heavy atom. The molecule has 5 heteroatoms. The van der Waals surface area contributed by atoms with Crippen LogP contribution in [0.2, 0.25) is 0 Å². The predicted molar refractivity (Wildman–Crippen MR) is 74.6 cm³/mol. The van der Waals surface area contributed by atoms with E-state index >= 15 is 0 Å². The van der Waals surface area contributed by atoms with Gasteiger partial charge in [-0.05, 0) is 24.6 Å². The Morgan fingerprint density at radius 1 is 1.26 bits per heavy atom. The highest BCUT2D eigenvalue weighted by Crippen LogP contribution is 2.22. The van der Waals surface area contributed by atoms with Gasteiger partial charge < -0.3 is 5.32 Å². The minimum Gasteiger partial charge on any atom is -0.334 e. The summed E-state index contributed by atoms with van der Waals surface area (Å²) in [5, 5.41) is 13.9. The van der Waals surface area contributed by atoms with Gasteiger partial charge >= 0.3 is 5.69 Å². The number of nitro groups is 1. The van der Waals surface area contributed by atoms with Crippen molar-refractivity contribution in [3.63, 3.8) is 0 Å². The quantitative estimate of drug-likeness (QED) is 0.664. The van der Waals surface area contributed by atoms with Crippen LogP contribution in [0.3, 0.4) is 0 Å². The first-order valence-electron chi connectivity index (χ1n) is 5.84. The van der Waals surface area contributed by atoms with E-state index in [-0.39, 0.29) is 11.5 Å². The van der Waals surface area contributed by atoms with Crippen LogP contribution in [0, 0.1) is 10.1 Å². The maximum Gasteiger partial charge on any atom is 0.311 e. The molecule has 0 amide bonds. The minimum atomic E-state index is -0.454. The molecule has 1 aromatic heterocycles. The van der Waals surface area contributed by atoms with Crippen molar-refractivity contribution in [3.05, 3.63) is 76.7 Å². The number of nitrogens with one attached hydrogen (secondary N) is 1. The van der Waals surface area contributed by atoms with Crippen LogP contribution in [-0.4, -0.2) is 9.91 Å². The van der Waals surface area contributed by atoms with Crippen LogP contribution in [0.25, 0.3) is 0 Å². The lowest BCUT2D eigenvalue weighted by Crippen LogP contribution is -2.02. The number of hydrogen-bond donors (Lipinski definition) is 1. The van der Waals surface area contributed by atoms with E-state index in [1.165, 1.54) is 12.3 Å². The summed E-state index contributed by atoms with van der Waals surface area (Å²) in [5.41, 5.74) is 0.695. The zero-order valence-electron chi connectivity index (χ0n) is 10.2. The van der Waals surface area contributed by atoms with Gasteiger partial charge in [0.2, 0.25) is 5.82 Å². The molecule has 1 aromatic rings. The number of hydrogen-bond acceptors (Lipinski definition) is 4. The molecule has 0 spiro atoms. The molecular weight excluding hydrogens is 242 g/mol. The number of pyridine rings is 1. The van der Waals surface area contributed by atoms with E-state index < -0.39 is 4.92 Å². The highest BCUT2D eigenvalue weighted by Gasteiger charge is 2.13. The lowest BCUT2D eigenvalue weighted by atomic mass is 10.3. The van der Waals surface area contributed by atoms with Crippen molar-refractivity contribution in [2.75, 3.05) is 5.32 Å². The van der Waals surface area contributed by atoms with E-state index in [4.69, 9.17) is 0 Å². The Labute approximate surface area is 110 Å². The normalized spacial score (nSPS) is 22.0. The summed E-state index contributed by atoms with van der Waals surface area (Å²) in [5.74, 6) is 0.236. The molecule has 0 saturated carbocycles. The predicted octanol–water partition coefficient (Wildman–Crippen LogP) is 3.36. The first-order chi connectivity index (χ1) is 9.27. The molecule has 1 aliphatic carbocycles. The van der Waals surface area contributed by atoms with Crippen LogP contribution in [0.5, 0.6) is 0 Å². The van der Waals surface area contributed by atoms with Gasteiger partial charge in [-0.3, -0.25) is 10.1 Å². The number of aromatic nitrogens is 1. The van der Waals surface area contributed by atoms with Crippen LogP contribution in [0.1, 0.15) is 6.42 Å². The summed E-state index contributed by atoms with van der Waals surface area (Å²) in [6, 6.07) is 2.96. The fourth-order valence-corrected chi connectivity index (χ4v) is 1.56. The molecule has 1 heterocycles.